The molecule has 112 valence electrons. The number of nitrogens with two attached hydrogens (primary N) is 1. The van der Waals surface area contributed by atoms with Gasteiger partial charge < -0.3 is 5.73 Å². The summed E-state index contributed by atoms with van der Waals surface area (Å²) in [5.41, 5.74) is 6.29. The Morgan fingerprint density at radius 2 is 2.00 bits per heavy atom. The Labute approximate surface area is 118 Å². The lowest BCUT2D eigenvalue weighted by Gasteiger charge is -2.16. The van der Waals surface area contributed by atoms with Crippen LogP contribution in [0, 0.1) is 24.0 Å². The van der Waals surface area contributed by atoms with Gasteiger partial charge in [-0.2, -0.15) is 0 Å². The van der Waals surface area contributed by atoms with Crippen molar-refractivity contribution in [1.29, 1.82) is 0 Å². The largest absolute Gasteiger partial charge is 0.329 e. The van der Waals surface area contributed by atoms with E-state index in [1.807, 2.05) is 6.92 Å². The lowest BCUT2D eigenvalue weighted by atomic mass is 10.1. The van der Waals surface area contributed by atoms with Gasteiger partial charge >= 0.3 is 0 Å². The van der Waals surface area contributed by atoms with E-state index in [1.165, 1.54) is 6.07 Å². The summed E-state index contributed by atoms with van der Waals surface area (Å²) in [5.74, 6) is 0. The van der Waals surface area contributed by atoms with E-state index in [9.17, 15) is 18.5 Å². The van der Waals surface area contributed by atoms with E-state index in [1.54, 1.807) is 13.8 Å². The molecule has 0 aliphatic rings. The number of nitro groups is 1. The van der Waals surface area contributed by atoms with Gasteiger partial charge in [-0.25, -0.2) is 13.1 Å². The number of nitrogens with zero attached hydrogens (tertiary/aromatic N) is 1. The molecule has 0 saturated heterocycles. The van der Waals surface area contributed by atoms with Gasteiger partial charge in [0.1, 0.15) is 0 Å². The first-order valence-electron chi connectivity index (χ1n) is 6.21. The van der Waals surface area contributed by atoms with Crippen LogP contribution in [0.1, 0.15) is 24.5 Å². The van der Waals surface area contributed by atoms with E-state index in [0.29, 0.717) is 17.5 Å². The van der Waals surface area contributed by atoms with Crippen molar-refractivity contribution >= 4 is 15.7 Å². The monoisotopic (exact) mass is 301 g/mol. The molecule has 1 atom stereocenters. The number of non-ortho nitro benzene ring substituents is 1. The standard InChI is InChI=1S/C12H19N3O4S/c1-4-10(7-13)14-20(18,19)12-6-11(15(16)17)5-8(2)9(12)3/h5-6,10,14H,4,7,13H2,1-3H3. The first-order chi connectivity index (χ1) is 9.22. The van der Waals surface area contributed by atoms with Gasteiger partial charge in [0.25, 0.3) is 5.69 Å². The Kier molecular flexibility index (Phi) is 5.21. The van der Waals surface area contributed by atoms with Gasteiger partial charge in [0.05, 0.1) is 9.82 Å². The summed E-state index contributed by atoms with van der Waals surface area (Å²) in [5, 5.41) is 10.8. The maximum absolute atomic E-state index is 12.3. The van der Waals surface area contributed by atoms with Gasteiger partial charge in [-0.1, -0.05) is 6.92 Å². The molecule has 0 amide bonds. The van der Waals surface area contributed by atoms with Crippen molar-refractivity contribution in [3.63, 3.8) is 0 Å². The predicted octanol–water partition coefficient (Wildman–Crippen LogP) is 1.23. The van der Waals surface area contributed by atoms with Crippen LogP contribution >= 0.6 is 0 Å². The molecular formula is C12H19N3O4S. The third-order valence-electron chi connectivity index (χ3n) is 3.20. The zero-order valence-corrected chi connectivity index (χ0v) is 12.5. The van der Waals surface area contributed by atoms with Crippen LogP contribution in [0.4, 0.5) is 5.69 Å². The Morgan fingerprint density at radius 1 is 1.40 bits per heavy atom. The smallest absolute Gasteiger partial charge is 0.271 e. The number of sulfonamides is 1. The van der Waals surface area contributed by atoms with Gasteiger partial charge in [-0.3, -0.25) is 10.1 Å². The first kappa shape index (κ1) is 16.5. The van der Waals surface area contributed by atoms with Gasteiger partial charge in [-0.15, -0.1) is 0 Å². The molecule has 1 aromatic rings. The summed E-state index contributed by atoms with van der Waals surface area (Å²) in [4.78, 5) is 10.2. The SMILES string of the molecule is CCC(CN)NS(=O)(=O)c1cc([N+](=O)[O-])cc(C)c1C. The van der Waals surface area contributed by atoms with E-state index < -0.39 is 14.9 Å². The Hall–Kier alpha value is -1.51. The molecule has 0 bridgehead atoms. The van der Waals surface area contributed by atoms with Gasteiger partial charge in [0, 0.05) is 24.7 Å². The van der Waals surface area contributed by atoms with Crippen molar-refractivity contribution in [3.05, 3.63) is 33.4 Å². The van der Waals surface area contributed by atoms with Crippen LogP contribution in [0.15, 0.2) is 17.0 Å². The van der Waals surface area contributed by atoms with Crippen molar-refractivity contribution in [1.82, 2.24) is 4.72 Å². The topological polar surface area (TPSA) is 115 Å². The van der Waals surface area contributed by atoms with E-state index in [4.69, 9.17) is 5.73 Å². The highest BCUT2D eigenvalue weighted by Gasteiger charge is 2.24. The molecule has 20 heavy (non-hydrogen) atoms. The van der Waals surface area contributed by atoms with E-state index in [2.05, 4.69) is 4.72 Å². The van der Waals surface area contributed by atoms with Crippen molar-refractivity contribution in [3.8, 4) is 0 Å². The third-order valence-corrected chi connectivity index (χ3v) is 4.85. The van der Waals surface area contributed by atoms with Crippen molar-refractivity contribution in [2.24, 2.45) is 5.73 Å². The number of benzene rings is 1. The molecular weight excluding hydrogens is 282 g/mol. The number of hydrogen-bond acceptors (Lipinski definition) is 5. The zero-order valence-electron chi connectivity index (χ0n) is 11.7. The number of nitrogens with one attached hydrogen (secondary N) is 1. The number of aryl methyl sites for hydroxylation is 1. The minimum absolute atomic E-state index is 0.0731. The van der Waals surface area contributed by atoms with Crippen molar-refractivity contribution in [2.75, 3.05) is 6.54 Å². The summed E-state index contributed by atoms with van der Waals surface area (Å²) in [6.07, 6.45) is 0.544. The van der Waals surface area contributed by atoms with Crippen molar-refractivity contribution in [2.45, 2.75) is 38.1 Å². The molecule has 0 aliphatic heterocycles. The molecule has 0 aliphatic carbocycles. The summed E-state index contributed by atoms with van der Waals surface area (Å²) in [6, 6.07) is 2.04. The Bertz CT molecular complexity index is 609. The second-order valence-electron chi connectivity index (χ2n) is 4.61. The van der Waals surface area contributed by atoms with Crippen LogP contribution in [0.25, 0.3) is 0 Å². The highest BCUT2D eigenvalue weighted by atomic mass is 32.2. The van der Waals surface area contributed by atoms with Crippen LogP contribution in [0.5, 0.6) is 0 Å². The molecule has 0 heterocycles. The first-order valence-corrected chi connectivity index (χ1v) is 7.69. The molecule has 0 spiro atoms. The quantitative estimate of drug-likeness (QED) is 0.605. The Morgan fingerprint density at radius 3 is 2.45 bits per heavy atom. The van der Waals surface area contributed by atoms with Crippen LogP contribution < -0.4 is 10.5 Å². The summed E-state index contributed by atoms with van der Waals surface area (Å²) >= 11 is 0. The fourth-order valence-corrected chi connectivity index (χ4v) is 3.44. The molecule has 1 rings (SSSR count). The molecule has 0 radical (unpaired) electrons. The minimum atomic E-state index is -3.83. The zero-order chi connectivity index (χ0) is 15.5. The molecule has 8 heteroatoms. The molecule has 7 nitrogen and oxygen atoms in total. The molecule has 1 aromatic carbocycles. The highest BCUT2D eigenvalue weighted by Crippen LogP contribution is 2.25. The highest BCUT2D eigenvalue weighted by molar-refractivity contribution is 7.89. The molecule has 0 fully saturated rings. The van der Waals surface area contributed by atoms with Crippen LogP contribution in [-0.4, -0.2) is 25.9 Å². The summed E-state index contributed by atoms with van der Waals surface area (Å²) in [6.45, 7) is 5.24. The van der Waals surface area contributed by atoms with E-state index >= 15 is 0 Å². The van der Waals surface area contributed by atoms with Gasteiger partial charge in [-0.05, 0) is 31.4 Å². The Balaban J connectivity index is 3.34. The average molecular weight is 301 g/mol. The lowest BCUT2D eigenvalue weighted by molar-refractivity contribution is -0.385. The second kappa shape index (κ2) is 6.29. The molecule has 0 saturated carbocycles. The van der Waals surface area contributed by atoms with Crippen LogP contribution in [0.3, 0.4) is 0 Å². The molecule has 0 aromatic heterocycles. The fraction of sp³-hybridized carbons (Fsp3) is 0.500. The van der Waals surface area contributed by atoms with E-state index in [-0.39, 0.29) is 23.2 Å². The predicted molar refractivity (Wildman–Crippen MR) is 76.0 cm³/mol. The lowest BCUT2D eigenvalue weighted by Crippen LogP contribution is -2.39. The van der Waals surface area contributed by atoms with E-state index in [0.717, 1.165) is 6.07 Å². The minimum Gasteiger partial charge on any atom is -0.329 e. The van der Waals surface area contributed by atoms with Gasteiger partial charge in [0.15, 0.2) is 0 Å². The third kappa shape index (κ3) is 3.53. The fourth-order valence-electron chi connectivity index (χ4n) is 1.77. The van der Waals surface area contributed by atoms with Crippen LogP contribution in [0.2, 0.25) is 0 Å². The molecule has 3 N–H and O–H groups in total. The van der Waals surface area contributed by atoms with Crippen molar-refractivity contribution < 1.29 is 13.3 Å². The number of rotatable bonds is 6. The average Bonchev–Trinajstić information content (AvgIpc) is 2.38. The summed E-state index contributed by atoms with van der Waals surface area (Å²) < 4.78 is 27.1. The second-order valence-corrected chi connectivity index (χ2v) is 6.29. The van der Waals surface area contributed by atoms with Crippen LogP contribution in [-0.2, 0) is 10.0 Å². The molecule has 1 unspecified atom stereocenters. The normalized spacial score (nSPS) is 13.2. The maximum atomic E-state index is 12.3. The summed E-state index contributed by atoms with van der Waals surface area (Å²) in [7, 11) is -3.83. The maximum Gasteiger partial charge on any atom is 0.271 e. The van der Waals surface area contributed by atoms with Gasteiger partial charge in [0.2, 0.25) is 10.0 Å². The number of hydrogen-bond donors (Lipinski definition) is 2. The number of nitro benzene ring substituents is 1.